The van der Waals surface area contributed by atoms with Gasteiger partial charge in [0.25, 0.3) is 5.91 Å². The molecular formula is C20H18ClF3N4O4S. The number of aliphatic hydroxyl groups is 1. The van der Waals surface area contributed by atoms with Crippen LogP contribution in [0.2, 0.25) is 5.02 Å². The third-order valence-corrected chi connectivity index (χ3v) is 5.39. The zero-order valence-electron chi connectivity index (χ0n) is 16.9. The van der Waals surface area contributed by atoms with Crippen LogP contribution >= 0.6 is 22.9 Å². The molecule has 176 valence electrons. The van der Waals surface area contributed by atoms with Gasteiger partial charge < -0.3 is 21.3 Å². The van der Waals surface area contributed by atoms with Crippen molar-refractivity contribution < 1.29 is 33.0 Å². The Kier molecular flexibility index (Phi) is 8.88. The number of aliphatic carboxylic acids is 1. The molecule has 1 aromatic carbocycles. The number of alkyl halides is 3. The van der Waals surface area contributed by atoms with Crippen LogP contribution in [0.25, 0.3) is 0 Å². The number of carboxylic acids is 1. The van der Waals surface area contributed by atoms with Gasteiger partial charge in [-0.15, -0.1) is 11.3 Å². The minimum atomic E-state index is -4.63. The number of aliphatic hydroxyl groups excluding tert-OH is 1. The van der Waals surface area contributed by atoms with Crippen LogP contribution in [0.1, 0.15) is 44.9 Å². The first-order valence-corrected chi connectivity index (χ1v) is 10.3. The summed E-state index contributed by atoms with van der Waals surface area (Å²) in [5.41, 5.74) is 4.96. The molecule has 3 rings (SSSR count). The molecule has 33 heavy (non-hydrogen) atoms. The second kappa shape index (κ2) is 11.2. The fourth-order valence-corrected chi connectivity index (χ4v) is 3.26. The maximum absolute atomic E-state index is 12.7. The SMILES string of the molecule is C[C@@H](N)c1ncc(C(=O)Nc2cc(C(F)(F)F)c(Cl)cn2)s1.O=C(O)[C@@H](O)c1ccccc1. The number of carboxylic acid groups (broad SMARTS) is 1. The molecule has 13 heteroatoms. The Bertz CT molecular complexity index is 1110. The maximum atomic E-state index is 12.7. The van der Waals surface area contributed by atoms with Crippen molar-refractivity contribution in [2.75, 3.05) is 5.32 Å². The van der Waals surface area contributed by atoms with Crippen LogP contribution in [-0.4, -0.2) is 32.1 Å². The van der Waals surface area contributed by atoms with E-state index in [0.717, 1.165) is 17.5 Å². The van der Waals surface area contributed by atoms with Crippen LogP contribution in [0.4, 0.5) is 19.0 Å². The number of thiazole rings is 1. The molecule has 0 aliphatic rings. The number of hydrogen-bond acceptors (Lipinski definition) is 7. The number of benzene rings is 1. The number of amides is 1. The van der Waals surface area contributed by atoms with Crippen LogP contribution in [0, 0.1) is 0 Å². The number of carbonyl (C=O) groups excluding carboxylic acids is 1. The van der Waals surface area contributed by atoms with Crippen LogP contribution in [0.3, 0.4) is 0 Å². The Morgan fingerprint density at radius 2 is 1.82 bits per heavy atom. The van der Waals surface area contributed by atoms with Gasteiger partial charge in [-0.3, -0.25) is 4.79 Å². The first-order chi connectivity index (χ1) is 15.4. The molecule has 0 saturated heterocycles. The van der Waals surface area contributed by atoms with E-state index < -0.39 is 34.7 Å². The number of halogens is 4. The summed E-state index contributed by atoms with van der Waals surface area (Å²) in [5, 5.41) is 19.7. The highest BCUT2D eigenvalue weighted by Gasteiger charge is 2.34. The predicted molar refractivity (Wildman–Crippen MR) is 116 cm³/mol. The number of nitrogens with one attached hydrogen (secondary N) is 1. The van der Waals surface area contributed by atoms with E-state index >= 15 is 0 Å². The average molecular weight is 503 g/mol. The summed E-state index contributed by atoms with van der Waals surface area (Å²) in [6.07, 6.45) is -3.90. The molecule has 1 amide bonds. The molecule has 0 aliphatic carbocycles. The number of carbonyl (C=O) groups is 2. The molecular weight excluding hydrogens is 485 g/mol. The quantitative estimate of drug-likeness (QED) is 0.408. The summed E-state index contributed by atoms with van der Waals surface area (Å²) in [6, 6.07) is 8.60. The summed E-state index contributed by atoms with van der Waals surface area (Å²) in [4.78, 5) is 30.0. The lowest BCUT2D eigenvalue weighted by atomic mass is 10.1. The highest BCUT2D eigenvalue weighted by molar-refractivity contribution is 7.13. The maximum Gasteiger partial charge on any atom is 0.418 e. The van der Waals surface area contributed by atoms with Gasteiger partial charge in [0.05, 0.1) is 22.8 Å². The van der Waals surface area contributed by atoms with Crippen molar-refractivity contribution in [1.82, 2.24) is 9.97 Å². The van der Waals surface area contributed by atoms with Gasteiger partial charge in [0.15, 0.2) is 6.10 Å². The molecule has 0 bridgehead atoms. The Balaban J connectivity index is 0.000000294. The number of nitrogens with zero attached hydrogens (tertiary/aromatic N) is 2. The van der Waals surface area contributed by atoms with Crippen LogP contribution in [0.15, 0.2) is 48.8 Å². The van der Waals surface area contributed by atoms with E-state index in [1.165, 1.54) is 6.20 Å². The molecule has 0 unspecified atom stereocenters. The van der Waals surface area contributed by atoms with E-state index in [4.69, 9.17) is 27.5 Å². The molecule has 2 heterocycles. The van der Waals surface area contributed by atoms with Crippen molar-refractivity contribution in [2.24, 2.45) is 5.73 Å². The van der Waals surface area contributed by atoms with Gasteiger partial charge in [-0.05, 0) is 18.6 Å². The highest BCUT2D eigenvalue weighted by Crippen LogP contribution is 2.35. The second-order valence-electron chi connectivity index (χ2n) is 6.50. The van der Waals surface area contributed by atoms with Crippen LogP contribution in [0.5, 0.6) is 0 Å². The van der Waals surface area contributed by atoms with Crippen molar-refractivity contribution in [2.45, 2.75) is 25.2 Å². The Morgan fingerprint density at radius 3 is 2.33 bits per heavy atom. The van der Waals surface area contributed by atoms with Gasteiger partial charge in [0.2, 0.25) is 0 Å². The standard InChI is InChI=1S/C12H10ClF3N4OS.C8H8O3/c1-5(17)11-19-4-8(22-11)10(21)20-9-2-6(12(14,15)16)7(13)3-18-9;9-7(8(10)11)6-4-2-1-3-5-6/h2-5H,17H2,1H3,(H,18,20,21);1-5,7,9H,(H,10,11)/t5-;7-/m10/s1. The molecule has 2 aromatic heterocycles. The summed E-state index contributed by atoms with van der Waals surface area (Å²) >= 11 is 6.51. The molecule has 2 atom stereocenters. The lowest BCUT2D eigenvalue weighted by molar-refractivity contribution is -0.147. The smallest absolute Gasteiger partial charge is 0.418 e. The van der Waals surface area contributed by atoms with Gasteiger partial charge in [0.1, 0.15) is 15.7 Å². The molecule has 0 saturated carbocycles. The monoisotopic (exact) mass is 502 g/mol. The van der Waals surface area contributed by atoms with Crippen molar-refractivity contribution in [3.05, 3.63) is 74.8 Å². The van der Waals surface area contributed by atoms with Crippen molar-refractivity contribution in [3.8, 4) is 0 Å². The van der Waals surface area contributed by atoms with E-state index in [1.54, 1.807) is 37.3 Å². The third kappa shape index (κ3) is 7.49. The minimum Gasteiger partial charge on any atom is -0.479 e. The van der Waals surface area contributed by atoms with E-state index in [0.29, 0.717) is 16.6 Å². The van der Waals surface area contributed by atoms with Gasteiger partial charge in [-0.1, -0.05) is 41.9 Å². The summed E-state index contributed by atoms with van der Waals surface area (Å²) in [6.45, 7) is 1.71. The number of pyridine rings is 1. The van der Waals surface area contributed by atoms with Gasteiger partial charge in [0, 0.05) is 6.20 Å². The van der Waals surface area contributed by atoms with Crippen LogP contribution < -0.4 is 11.1 Å². The van der Waals surface area contributed by atoms with Gasteiger partial charge in [-0.2, -0.15) is 13.2 Å². The topological polar surface area (TPSA) is 138 Å². The fraction of sp³-hybridized carbons (Fsp3) is 0.200. The van der Waals surface area contributed by atoms with Crippen molar-refractivity contribution in [1.29, 1.82) is 0 Å². The third-order valence-electron chi connectivity index (χ3n) is 3.89. The van der Waals surface area contributed by atoms with E-state index in [2.05, 4.69) is 15.3 Å². The first kappa shape index (κ1) is 26.2. The van der Waals surface area contributed by atoms with Crippen molar-refractivity contribution >= 4 is 40.6 Å². The number of hydrogen-bond donors (Lipinski definition) is 4. The summed E-state index contributed by atoms with van der Waals surface area (Å²) in [5.74, 6) is -2.10. The van der Waals surface area contributed by atoms with E-state index in [9.17, 15) is 22.8 Å². The number of anilines is 1. The summed E-state index contributed by atoms with van der Waals surface area (Å²) < 4.78 is 38.2. The molecule has 0 spiro atoms. The predicted octanol–water partition coefficient (Wildman–Crippen LogP) is 4.29. The summed E-state index contributed by atoms with van der Waals surface area (Å²) in [7, 11) is 0. The average Bonchev–Trinajstić information content (AvgIpc) is 3.26. The molecule has 5 N–H and O–H groups in total. The zero-order valence-corrected chi connectivity index (χ0v) is 18.4. The van der Waals surface area contributed by atoms with E-state index in [1.807, 2.05) is 0 Å². The zero-order chi connectivity index (χ0) is 24.8. The Morgan fingerprint density at radius 1 is 1.18 bits per heavy atom. The number of nitrogens with two attached hydrogens (primary N) is 1. The molecule has 3 aromatic rings. The second-order valence-corrected chi connectivity index (χ2v) is 7.97. The van der Waals surface area contributed by atoms with E-state index in [-0.39, 0.29) is 16.7 Å². The largest absolute Gasteiger partial charge is 0.479 e. The molecule has 0 fully saturated rings. The van der Waals surface area contributed by atoms with Crippen LogP contribution in [-0.2, 0) is 11.0 Å². The molecule has 0 aliphatic heterocycles. The number of aromatic nitrogens is 2. The minimum absolute atomic E-state index is 0.220. The van der Waals surface area contributed by atoms with Crippen molar-refractivity contribution in [3.63, 3.8) is 0 Å². The normalized spacial score (nSPS) is 12.8. The molecule has 8 nitrogen and oxygen atoms in total. The first-order valence-electron chi connectivity index (χ1n) is 9.11. The lowest BCUT2D eigenvalue weighted by Crippen LogP contribution is -2.13. The Hall–Kier alpha value is -3.06. The van der Waals surface area contributed by atoms with Gasteiger partial charge in [-0.25, -0.2) is 14.8 Å². The fourth-order valence-electron chi connectivity index (χ4n) is 2.28. The lowest BCUT2D eigenvalue weighted by Gasteiger charge is -2.10. The highest BCUT2D eigenvalue weighted by atomic mass is 35.5. The number of rotatable bonds is 5. The molecule has 0 radical (unpaired) electrons. The van der Waals surface area contributed by atoms with Gasteiger partial charge >= 0.3 is 12.1 Å². The Labute approximate surface area is 194 Å².